The number of hydrogen-bond donors (Lipinski definition) is 0. The van der Waals surface area contributed by atoms with Crippen LogP contribution in [0.1, 0.15) is 46.2 Å². The highest BCUT2D eigenvalue weighted by Crippen LogP contribution is 2.33. The van der Waals surface area contributed by atoms with Crippen molar-refractivity contribution in [1.82, 2.24) is 9.80 Å². The molecule has 0 radical (unpaired) electrons. The number of alkyl halides is 1. The van der Waals surface area contributed by atoms with E-state index in [-0.39, 0.29) is 43.4 Å². The Kier molecular flexibility index (Phi) is 10.5. The van der Waals surface area contributed by atoms with Crippen LogP contribution < -0.4 is 9.64 Å². The minimum Gasteiger partial charge on any atom is -0.457 e. The van der Waals surface area contributed by atoms with Gasteiger partial charge >= 0.3 is 6.09 Å². The van der Waals surface area contributed by atoms with E-state index in [0.29, 0.717) is 22.7 Å². The van der Waals surface area contributed by atoms with Crippen molar-refractivity contribution < 1.29 is 28.2 Å². The summed E-state index contributed by atoms with van der Waals surface area (Å²) >= 11 is 6.10. The molecule has 3 aromatic carbocycles. The Morgan fingerprint density at radius 2 is 1.55 bits per heavy atom. The number of anilines is 1. The van der Waals surface area contributed by atoms with Gasteiger partial charge < -0.3 is 19.3 Å². The summed E-state index contributed by atoms with van der Waals surface area (Å²) in [5.74, 6) is -0.509. The van der Waals surface area contributed by atoms with Crippen LogP contribution in [0.2, 0.25) is 0 Å². The second kappa shape index (κ2) is 14.1. The maximum Gasteiger partial charge on any atom is 0.410 e. The maximum atomic E-state index is 14.4. The molecule has 0 aromatic heterocycles. The lowest BCUT2D eigenvalue weighted by atomic mass is 9.97. The summed E-state index contributed by atoms with van der Waals surface area (Å²) in [4.78, 5) is 45.6. The van der Waals surface area contributed by atoms with Gasteiger partial charge in [0.2, 0.25) is 5.91 Å². The minimum absolute atomic E-state index is 0.0140. The van der Waals surface area contributed by atoms with Crippen molar-refractivity contribution in [1.29, 1.82) is 0 Å². The molecule has 1 heterocycles. The molecule has 3 aromatic rings. The largest absolute Gasteiger partial charge is 0.457 e. The first-order valence-electron chi connectivity index (χ1n) is 14.6. The van der Waals surface area contributed by atoms with Gasteiger partial charge in [-0.1, -0.05) is 44.2 Å². The fraction of sp³-hybridized carbons (Fsp3) is 0.382. The average Bonchev–Trinajstić information content (AvgIpc) is 2.99. The Bertz CT molecular complexity index is 1430. The molecule has 1 saturated heterocycles. The Hall–Kier alpha value is -4.11. The van der Waals surface area contributed by atoms with Crippen LogP contribution in [-0.4, -0.2) is 64.9 Å². The molecule has 1 aliphatic heterocycles. The monoisotopic (exact) mass is 623 g/mol. The Labute approximate surface area is 263 Å². The predicted molar refractivity (Wildman–Crippen MR) is 168 cm³/mol. The SMILES string of the molecule is CC(C)[C@@H]1CN(C(=O)[C@@H](c2ccc(F)cc2)N(C(=O)CCl)c2ccc(Oc3ccccc3)cc2)CCN1C(=O)OC(C)(C)C. The third-order valence-corrected chi connectivity index (χ3v) is 7.51. The van der Waals surface area contributed by atoms with E-state index in [1.165, 1.54) is 29.2 Å². The van der Waals surface area contributed by atoms with Gasteiger partial charge in [0, 0.05) is 25.3 Å². The average molecular weight is 624 g/mol. The lowest BCUT2D eigenvalue weighted by Gasteiger charge is -2.45. The standard InChI is InChI=1S/C34H39ClFN3O5/c1-23(2)29-22-37(19-20-38(29)33(42)44-34(3,4)5)32(41)31(24-11-13-25(36)14-12-24)39(30(40)21-35)26-15-17-28(18-16-26)43-27-9-7-6-8-10-27/h6-18,23,29,31H,19-22H2,1-5H3/t29-,31+/m0/s1. The number of ether oxygens (including phenoxy) is 2. The summed E-state index contributed by atoms with van der Waals surface area (Å²) in [6.07, 6.45) is -0.435. The number of halogens is 2. The number of nitrogens with zero attached hydrogens (tertiary/aromatic N) is 3. The van der Waals surface area contributed by atoms with Crippen molar-refractivity contribution in [3.63, 3.8) is 0 Å². The summed E-state index contributed by atoms with van der Waals surface area (Å²) in [6, 6.07) is 20.1. The van der Waals surface area contributed by atoms with Crippen molar-refractivity contribution in [2.24, 2.45) is 5.92 Å². The van der Waals surface area contributed by atoms with Crippen LogP contribution in [-0.2, 0) is 14.3 Å². The highest BCUT2D eigenvalue weighted by atomic mass is 35.5. The Balaban J connectivity index is 1.67. The molecule has 10 heteroatoms. The van der Waals surface area contributed by atoms with Gasteiger partial charge in [0.1, 0.15) is 34.8 Å². The topological polar surface area (TPSA) is 79.4 Å². The fourth-order valence-electron chi connectivity index (χ4n) is 5.15. The van der Waals surface area contributed by atoms with E-state index >= 15 is 0 Å². The summed E-state index contributed by atoms with van der Waals surface area (Å²) in [5, 5.41) is 0. The number of piperazine rings is 1. The molecule has 0 bridgehead atoms. The Morgan fingerprint density at radius 3 is 2.11 bits per heavy atom. The molecular formula is C34H39ClFN3O5. The third-order valence-electron chi connectivity index (χ3n) is 7.28. The zero-order chi connectivity index (χ0) is 32.0. The molecule has 234 valence electrons. The molecule has 0 spiro atoms. The first kappa shape index (κ1) is 32.8. The number of carbonyl (C=O) groups excluding carboxylic acids is 3. The van der Waals surface area contributed by atoms with Gasteiger partial charge in [-0.05, 0) is 80.8 Å². The first-order valence-corrected chi connectivity index (χ1v) is 15.2. The maximum absolute atomic E-state index is 14.4. The minimum atomic E-state index is -1.14. The highest BCUT2D eigenvalue weighted by molar-refractivity contribution is 6.29. The predicted octanol–water partition coefficient (Wildman–Crippen LogP) is 7.04. The van der Waals surface area contributed by atoms with E-state index in [2.05, 4.69) is 0 Å². The molecule has 4 rings (SSSR count). The number of carbonyl (C=O) groups is 3. The second-order valence-corrected chi connectivity index (χ2v) is 12.3. The van der Waals surface area contributed by atoms with E-state index in [9.17, 15) is 18.8 Å². The van der Waals surface area contributed by atoms with Crippen molar-refractivity contribution in [2.45, 2.75) is 52.3 Å². The normalized spacial score (nSPS) is 16.0. The number of benzene rings is 3. The van der Waals surface area contributed by atoms with Gasteiger partial charge in [0.05, 0.1) is 6.04 Å². The molecular weight excluding hydrogens is 585 g/mol. The highest BCUT2D eigenvalue weighted by Gasteiger charge is 2.41. The molecule has 0 aliphatic carbocycles. The Morgan fingerprint density at radius 1 is 0.932 bits per heavy atom. The van der Waals surface area contributed by atoms with Crippen LogP contribution >= 0.6 is 11.6 Å². The van der Waals surface area contributed by atoms with Gasteiger partial charge in [-0.3, -0.25) is 14.5 Å². The number of amides is 3. The summed E-state index contributed by atoms with van der Waals surface area (Å²) in [6.45, 7) is 10.1. The molecule has 2 atom stereocenters. The van der Waals surface area contributed by atoms with E-state index in [4.69, 9.17) is 21.1 Å². The molecule has 1 aliphatic rings. The van der Waals surface area contributed by atoms with E-state index < -0.39 is 29.5 Å². The molecule has 1 fully saturated rings. The van der Waals surface area contributed by atoms with E-state index in [1.807, 2.05) is 65.0 Å². The fourth-order valence-corrected chi connectivity index (χ4v) is 5.28. The first-order chi connectivity index (χ1) is 20.9. The molecule has 0 N–H and O–H groups in total. The summed E-state index contributed by atoms with van der Waals surface area (Å²) < 4.78 is 25.5. The van der Waals surface area contributed by atoms with Crippen LogP contribution in [0.5, 0.6) is 11.5 Å². The number of para-hydroxylation sites is 1. The van der Waals surface area contributed by atoms with Crippen molar-refractivity contribution in [3.05, 3.63) is 90.2 Å². The zero-order valence-electron chi connectivity index (χ0n) is 25.7. The van der Waals surface area contributed by atoms with Gasteiger partial charge in [-0.15, -0.1) is 11.6 Å². The summed E-state index contributed by atoms with van der Waals surface area (Å²) in [5.41, 5.74) is 0.185. The van der Waals surface area contributed by atoms with Crippen molar-refractivity contribution in [2.75, 3.05) is 30.4 Å². The third kappa shape index (κ3) is 8.08. The quantitative estimate of drug-likeness (QED) is 0.252. The zero-order valence-corrected chi connectivity index (χ0v) is 26.5. The molecule has 3 amide bonds. The molecule has 0 saturated carbocycles. The van der Waals surface area contributed by atoms with Gasteiger partial charge in [0.25, 0.3) is 5.91 Å². The second-order valence-electron chi connectivity index (χ2n) is 12.0. The molecule has 8 nitrogen and oxygen atoms in total. The lowest BCUT2D eigenvalue weighted by molar-refractivity contribution is -0.137. The van der Waals surface area contributed by atoms with Gasteiger partial charge in [-0.25, -0.2) is 9.18 Å². The number of hydrogen-bond acceptors (Lipinski definition) is 5. The van der Waals surface area contributed by atoms with Crippen LogP contribution in [0, 0.1) is 11.7 Å². The van der Waals surface area contributed by atoms with E-state index in [1.54, 1.807) is 34.1 Å². The molecule has 0 unspecified atom stereocenters. The van der Waals surface area contributed by atoms with Gasteiger partial charge in [-0.2, -0.15) is 0 Å². The van der Waals surface area contributed by atoms with Crippen LogP contribution in [0.25, 0.3) is 0 Å². The van der Waals surface area contributed by atoms with E-state index in [0.717, 1.165) is 0 Å². The van der Waals surface area contributed by atoms with Crippen molar-refractivity contribution >= 4 is 35.2 Å². The summed E-state index contributed by atoms with van der Waals surface area (Å²) in [7, 11) is 0. The van der Waals surface area contributed by atoms with Crippen molar-refractivity contribution in [3.8, 4) is 11.5 Å². The van der Waals surface area contributed by atoms with Crippen LogP contribution in [0.15, 0.2) is 78.9 Å². The van der Waals surface area contributed by atoms with Gasteiger partial charge in [0.15, 0.2) is 0 Å². The van der Waals surface area contributed by atoms with Crippen LogP contribution in [0.4, 0.5) is 14.9 Å². The molecule has 44 heavy (non-hydrogen) atoms. The lowest BCUT2D eigenvalue weighted by Crippen LogP contribution is -2.60. The number of rotatable bonds is 8. The smallest absolute Gasteiger partial charge is 0.410 e. The van der Waals surface area contributed by atoms with Crippen LogP contribution in [0.3, 0.4) is 0 Å².